The fraction of sp³-hybridized carbons (Fsp3) is 0.455. The van der Waals surface area contributed by atoms with Crippen LogP contribution in [-0.4, -0.2) is 68.7 Å². The highest BCUT2D eigenvalue weighted by atomic mass is 32.2. The van der Waals surface area contributed by atoms with Gasteiger partial charge in [0.2, 0.25) is 0 Å². The van der Waals surface area contributed by atoms with Crippen molar-refractivity contribution in [3.8, 4) is 0 Å². The second kappa shape index (κ2) is 8.72. The molecule has 2 aliphatic heterocycles. The SMILES string of the molecule is CCC(C)N1C(=O)/C(=C/c2c(N3CCN(C)CC3)nc3ccc(C)cn3c2=O)SC1=S. The van der Waals surface area contributed by atoms with E-state index in [4.69, 9.17) is 17.2 Å². The van der Waals surface area contributed by atoms with Crippen molar-refractivity contribution in [2.75, 3.05) is 38.1 Å². The molecule has 2 saturated heterocycles. The zero-order valence-electron chi connectivity index (χ0n) is 18.3. The molecule has 2 aromatic heterocycles. The fourth-order valence-electron chi connectivity index (χ4n) is 3.81. The van der Waals surface area contributed by atoms with Crippen LogP contribution in [0.4, 0.5) is 5.82 Å². The number of fused-ring (bicyclic) bond motifs is 1. The number of nitrogens with zero attached hydrogens (tertiary/aromatic N) is 5. The number of aromatic nitrogens is 2. The van der Waals surface area contributed by atoms with E-state index in [1.807, 2.05) is 32.9 Å². The molecule has 0 N–H and O–H groups in total. The molecule has 2 fully saturated rings. The van der Waals surface area contributed by atoms with Crippen LogP contribution in [0.2, 0.25) is 0 Å². The van der Waals surface area contributed by atoms with Crippen LogP contribution in [0.3, 0.4) is 0 Å². The van der Waals surface area contributed by atoms with Gasteiger partial charge in [0.1, 0.15) is 15.8 Å². The molecule has 0 radical (unpaired) electrons. The molecule has 2 aromatic rings. The molecule has 7 nitrogen and oxygen atoms in total. The van der Waals surface area contributed by atoms with E-state index >= 15 is 0 Å². The number of carbonyl (C=O) groups excluding carboxylic acids is 1. The van der Waals surface area contributed by atoms with Crippen LogP contribution in [0, 0.1) is 6.92 Å². The molecule has 4 rings (SSSR count). The fourth-order valence-corrected chi connectivity index (χ4v) is 5.25. The molecular formula is C22H27N5O2S2. The lowest BCUT2D eigenvalue weighted by Crippen LogP contribution is -2.45. The average molecular weight is 458 g/mol. The lowest BCUT2D eigenvalue weighted by molar-refractivity contribution is -0.123. The van der Waals surface area contributed by atoms with E-state index in [-0.39, 0.29) is 17.5 Å². The maximum Gasteiger partial charge on any atom is 0.267 e. The van der Waals surface area contributed by atoms with Gasteiger partial charge in [-0.25, -0.2) is 4.98 Å². The van der Waals surface area contributed by atoms with Gasteiger partial charge in [-0.05, 0) is 45.0 Å². The summed E-state index contributed by atoms with van der Waals surface area (Å²) in [6, 6.07) is 3.84. The number of pyridine rings is 1. The molecule has 9 heteroatoms. The number of rotatable bonds is 4. The smallest absolute Gasteiger partial charge is 0.267 e. The predicted molar refractivity (Wildman–Crippen MR) is 131 cm³/mol. The summed E-state index contributed by atoms with van der Waals surface area (Å²) in [6.45, 7) is 9.30. The van der Waals surface area contributed by atoms with Crippen molar-refractivity contribution in [2.24, 2.45) is 0 Å². The number of piperazine rings is 1. The maximum atomic E-state index is 13.5. The number of aryl methyl sites for hydroxylation is 1. The lowest BCUT2D eigenvalue weighted by Gasteiger charge is -2.34. The van der Waals surface area contributed by atoms with Gasteiger partial charge in [0, 0.05) is 38.4 Å². The summed E-state index contributed by atoms with van der Waals surface area (Å²) >= 11 is 6.72. The Kier molecular flexibility index (Phi) is 6.18. The Morgan fingerprint density at radius 2 is 1.94 bits per heavy atom. The molecule has 0 aliphatic carbocycles. The normalized spacial score (nSPS) is 20.3. The van der Waals surface area contributed by atoms with Crippen molar-refractivity contribution in [1.82, 2.24) is 19.2 Å². The monoisotopic (exact) mass is 457 g/mol. The Morgan fingerprint density at radius 1 is 1.23 bits per heavy atom. The van der Waals surface area contributed by atoms with Crippen molar-refractivity contribution < 1.29 is 4.79 Å². The Morgan fingerprint density at radius 3 is 2.61 bits per heavy atom. The first-order valence-electron chi connectivity index (χ1n) is 10.5. The van der Waals surface area contributed by atoms with Gasteiger partial charge in [-0.3, -0.25) is 18.9 Å². The van der Waals surface area contributed by atoms with Gasteiger partial charge >= 0.3 is 0 Å². The number of likely N-dealkylation sites (N-methyl/N-ethyl adjacent to an activating group) is 1. The van der Waals surface area contributed by atoms with Gasteiger partial charge in [0.15, 0.2) is 0 Å². The quantitative estimate of drug-likeness (QED) is 0.517. The zero-order chi connectivity index (χ0) is 22.3. The van der Waals surface area contributed by atoms with Crippen LogP contribution >= 0.6 is 24.0 Å². The van der Waals surface area contributed by atoms with Crippen LogP contribution in [0.5, 0.6) is 0 Å². The molecule has 1 atom stereocenters. The minimum atomic E-state index is -0.170. The summed E-state index contributed by atoms with van der Waals surface area (Å²) in [5.41, 5.74) is 1.85. The number of hydrogen-bond acceptors (Lipinski definition) is 7. The van der Waals surface area contributed by atoms with Gasteiger partial charge in [0.25, 0.3) is 11.5 Å². The first-order chi connectivity index (χ1) is 14.8. The summed E-state index contributed by atoms with van der Waals surface area (Å²) in [5, 5.41) is 0. The van der Waals surface area contributed by atoms with Gasteiger partial charge in [0.05, 0.1) is 10.5 Å². The van der Waals surface area contributed by atoms with Gasteiger partial charge in [-0.1, -0.05) is 37.0 Å². The Bertz CT molecular complexity index is 1130. The third-order valence-corrected chi connectivity index (χ3v) is 7.25. The Balaban J connectivity index is 1.86. The first-order valence-corrected chi connectivity index (χ1v) is 11.8. The van der Waals surface area contributed by atoms with Crippen LogP contribution < -0.4 is 10.5 Å². The molecule has 1 amide bonds. The van der Waals surface area contributed by atoms with Gasteiger partial charge < -0.3 is 9.80 Å². The molecule has 0 bridgehead atoms. The number of hydrogen-bond donors (Lipinski definition) is 0. The molecule has 0 saturated carbocycles. The average Bonchev–Trinajstić information content (AvgIpc) is 3.03. The molecule has 2 aliphatic rings. The van der Waals surface area contributed by atoms with Crippen LogP contribution in [0.1, 0.15) is 31.4 Å². The van der Waals surface area contributed by atoms with E-state index in [1.165, 1.54) is 11.8 Å². The van der Waals surface area contributed by atoms with E-state index in [0.29, 0.717) is 26.3 Å². The third kappa shape index (κ3) is 4.14. The molecule has 1 unspecified atom stereocenters. The van der Waals surface area contributed by atoms with E-state index in [9.17, 15) is 9.59 Å². The molecule has 4 heterocycles. The second-order valence-electron chi connectivity index (χ2n) is 8.19. The number of carbonyl (C=O) groups is 1. The van der Waals surface area contributed by atoms with E-state index < -0.39 is 0 Å². The minimum Gasteiger partial charge on any atom is -0.353 e. The topological polar surface area (TPSA) is 61.2 Å². The lowest BCUT2D eigenvalue weighted by atomic mass is 10.2. The van der Waals surface area contributed by atoms with Crippen molar-refractivity contribution in [2.45, 2.75) is 33.2 Å². The highest BCUT2D eigenvalue weighted by Crippen LogP contribution is 2.35. The van der Waals surface area contributed by atoms with Gasteiger partial charge in [-0.15, -0.1) is 0 Å². The van der Waals surface area contributed by atoms with E-state index in [0.717, 1.165) is 38.2 Å². The molecule has 0 spiro atoms. The molecule has 31 heavy (non-hydrogen) atoms. The van der Waals surface area contributed by atoms with E-state index in [2.05, 4.69) is 16.8 Å². The highest BCUT2D eigenvalue weighted by molar-refractivity contribution is 8.26. The molecule has 164 valence electrons. The molecular weight excluding hydrogens is 430 g/mol. The summed E-state index contributed by atoms with van der Waals surface area (Å²) in [7, 11) is 2.09. The summed E-state index contributed by atoms with van der Waals surface area (Å²) < 4.78 is 2.10. The van der Waals surface area contributed by atoms with Crippen LogP contribution in [0.25, 0.3) is 11.7 Å². The van der Waals surface area contributed by atoms with Crippen molar-refractivity contribution in [1.29, 1.82) is 0 Å². The van der Waals surface area contributed by atoms with Crippen molar-refractivity contribution in [3.63, 3.8) is 0 Å². The Labute approximate surface area is 191 Å². The minimum absolute atomic E-state index is 0.0222. The van der Waals surface area contributed by atoms with Gasteiger partial charge in [-0.2, -0.15) is 0 Å². The maximum absolute atomic E-state index is 13.5. The molecule has 0 aromatic carbocycles. The largest absolute Gasteiger partial charge is 0.353 e. The number of anilines is 1. The Hall–Kier alpha value is -2.23. The van der Waals surface area contributed by atoms with Crippen molar-refractivity contribution in [3.05, 3.63) is 44.7 Å². The highest BCUT2D eigenvalue weighted by Gasteiger charge is 2.35. The van der Waals surface area contributed by atoms with Crippen LogP contribution in [-0.2, 0) is 4.79 Å². The number of amides is 1. The zero-order valence-corrected chi connectivity index (χ0v) is 19.9. The second-order valence-corrected chi connectivity index (χ2v) is 9.86. The first kappa shape index (κ1) is 22.0. The summed E-state index contributed by atoms with van der Waals surface area (Å²) in [4.78, 5) is 38.0. The van der Waals surface area contributed by atoms with Crippen LogP contribution in [0.15, 0.2) is 28.0 Å². The summed E-state index contributed by atoms with van der Waals surface area (Å²) in [6.07, 6.45) is 4.30. The number of thioether (sulfide) groups is 1. The predicted octanol–water partition coefficient (Wildman–Crippen LogP) is 2.75. The summed E-state index contributed by atoms with van der Waals surface area (Å²) in [5.74, 6) is 0.498. The standard InChI is InChI=1S/C22H27N5O2S2/c1-5-15(3)27-21(29)17(31-22(27)30)12-16-19(25-10-8-24(4)9-11-25)23-18-7-6-14(2)13-26(18)20(16)28/h6-7,12-13,15H,5,8-11H2,1-4H3/b17-12-. The van der Waals surface area contributed by atoms with Crippen molar-refractivity contribution >= 4 is 51.7 Å². The van der Waals surface area contributed by atoms with E-state index in [1.54, 1.807) is 21.6 Å². The third-order valence-electron chi connectivity index (χ3n) is 5.92. The number of thiocarbonyl (C=S) groups is 1.